The molecule has 0 aromatic rings. The third-order valence-corrected chi connectivity index (χ3v) is 1.71. The molecule has 1 aliphatic rings. The van der Waals surface area contributed by atoms with E-state index in [2.05, 4.69) is 6.92 Å². The van der Waals surface area contributed by atoms with Gasteiger partial charge in [0.1, 0.15) is 5.76 Å². The zero-order chi connectivity index (χ0) is 8.27. The first-order chi connectivity index (χ1) is 5.24. The number of rotatable bonds is 4. The van der Waals surface area contributed by atoms with E-state index in [1.54, 1.807) is 6.08 Å². The van der Waals surface area contributed by atoms with Crippen molar-refractivity contribution >= 4 is 16.8 Å². The van der Waals surface area contributed by atoms with Crippen LogP contribution in [0.2, 0.25) is 0 Å². The molecule has 1 aliphatic heterocycles. The summed E-state index contributed by atoms with van der Waals surface area (Å²) in [6, 6.07) is 0. The summed E-state index contributed by atoms with van der Waals surface area (Å²) >= 11 is 5.14. The van der Waals surface area contributed by atoms with Crippen molar-refractivity contribution < 1.29 is 9.53 Å². The van der Waals surface area contributed by atoms with E-state index in [0.717, 1.165) is 18.6 Å². The smallest absolute Gasteiger partial charge is 0.225 e. The molecular weight excluding hydrogens is 164 g/mol. The summed E-state index contributed by atoms with van der Waals surface area (Å²) in [5.74, 6) is 0.931. The van der Waals surface area contributed by atoms with Crippen molar-refractivity contribution in [3.8, 4) is 0 Å². The molecule has 62 valence electrons. The number of hydrogen-bond donors (Lipinski definition) is 0. The fourth-order valence-electron chi connectivity index (χ4n) is 0.954. The van der Waals surface area contributed by atoms with E-state index in [4.69, 9.17) is 16.3 Å². The molecule has 1 heterocycles. The zero-order valence-corrected chi connectivity index (χ0v) is 7.23. The second-order valence-corrected chi connectivity index (χ2v) is 2.98. The first-order valence-electron chi connectivity index (χ1n) is 3.79. The van der Waals surface area contributed by atoms with Crippen molar-refractivity contribution in [2.24, 2.45) is 0 Å². The normalized spacial score (nSPS) is 24.9. The van der Waals surface area contributed by atoms with Gasteiger partial charge in [0.05, 0.1) is 0 Å². The van der Waals surface area contributed by atoms with Crippen molar-refractivity contribution in [1.29, 1.82) is 0 Å². The first-order valence-corrected chi connectivity index (χ1v) is 4.17. The highest BCUT2D eigenvalue weighted by Gasteiger charge is 2.30. The van der Waals surface area contributed by atoms with Gasteiger partial charge in [0, 0.05) is 6.42 Å². The van der Waals surface area contributed by atoms with Crippen LogP contribution in [0.4, 0.5) is 0 Å². The van der Waals surface area contributed by atoms with Crippen molar-refractivity contribution in [3.05, 3.63) is 11.8 Å². The molecule has 1 atom stereocenters. The maximum atomic E-state index is 10.3. The van der Waals surface area contributed by atoms with Crippen LogP contribution in [0.5, 0.6) is 0 Å². The highest BCUT2D eigenvalue weighted by Crippen LogP contribution is 2.31. The Morgan fingerprint density at radius 3 is 3.09 bits per heavy atom. The van der Waals surface area contributed by atoms with Gasteiger partial charge in [-0.15, -0.1) is 0 Å². The average molecular weight is 175 g/mol. The molecule has 0 aromatic carbocycles. The fraction of sp³-hybridized carbons (Fsp3) is 0.625. The summed E-state index contributed by atoms with van der Waals surface area (Å²) in [5, 5.41) is -0.330. The minimum absolute atomic E-state index is 0.274. The Hall–Kier alpha value is -0.500. The molecule has 1 saturated heterocycles. The van der Waals surface area contributed by atoms with E-state index in [1.807, 2.05) is 0 Å². The summed E-state index contributed by atoms with van der Waals surface area (Å²) in [5.41, 5.74) is 0. The van der Waals surface area contributed by atoms with Crippen LogP contribution in [0.3, 0.4) is 0 Å². The van der Waals surface area contributed by atoms with Gasteiger partial charge in [-0.1, -0.05) is 13.3 Å². The van der Waals surface area contributed by atoms with Crippen molar-refractivity contribution in [1.82, 2.24) is 0 Å². The molecule has 0 aromatic heterocycles. The molecule has 1 unspecified atom stereocenters. The largest absolute Gasteiger partial charge is 0.483 e. The first kappa shape index (κ1) is 8.60. The minimum atomic E-state index is -0.330. The molecule has 2 nitrogen and oxygen atoms in total. The standard InChI is InChI=1S/C8H11ClO2/c1-2-3-6-7(11-6)4-5-8(9)10/h4,6H,2-3,5H2,1H3. The van der Waals surface area contributed by atoms with Gasteiger partial charge < -0.3 is 4.74 Å². The number of carbonyl (C=O) groups is 1. The number of ether oxygens (including phenoxy) is 1. The zero-order valence-electron chi connectivity index (χ0n) is 6.47. The highest BCUT2D eigenvalue weighted by molar-refractivity contribution is 6.63. The predicted molar refractivity (Wildman–Crippen MR) is 43.3 cm³/mol. The maximum absolute atomic E-state index is 10.3. The van der Waals surface area contributed by atoms with Crippen LogP contribution >= 0.6 is 11.6 Å². The Kier molecular flexibility index (Phi) is 2.94. The molecule has 0 radical (unpaired) electrons. The van der Waals surface area contributed by atoms with Gasteiger partial charge in [-0.2, -0.15) is 0 Å². The summed E-state index contributed by atoms with van der Waals surface area (Å²) in [7, 11) is 0. The van der Waals surface area contributed by atoms with Gasteiger partial charge in [0.15, 0.2) is 6.10 Å². The molecule has 0 N–H and O–H groups in total. The maximum Gasteiger partial charge on any atom is 0.225 e. The van der Waals surface area contributed by atoms with Gasteiger partial charge in [-0.25, -0.2) is 0 Å². The highest BCUT2D eigenvalue weighted by atomic mass is 35.5. The van der Waals surface area contributed by atoms with Gasteiger partial charge in [-0.05, 0) is 24.1 Å². The monoisotopic (exact) mass is 174 g/mol. The second-order valence-electron chi connectivity index (χ2n) is 2.56. The van der Waals surface area contributed by atoms with Crippen LogP contribution in [0.1, 0.15) is 26.2 Å². The van der Waals surface area contributed by atoms with Gasteiger partial charge in [-0.3, -0.25) is 4.79 Å². The minimum Gasteiger partial charge on any atom is -0.483 e. The Labute approximate surface area is 71.2 Å². The van der Waals surface area contributed by atoms with E-state index in [0.29, 0.717) is 0 Å². The molecule has 1 fully saturated rings. The second kappa shape index (κ2) is 3.77. The third-order valence-electron chi connectivity index (χ3n) is 1.55. The number of epoxide rings is 1. The number of carbonyl (C=O) groups excluding carboxylic acids is 1. The SMILES string of the molecule is CCCC1OC1=CCC(=O)Cl. The van der Waals surface area contributed by atoms with Crippen LogP contribution in [-0.2, 0) is 9.53 Å². The van der Waals surface area contributed by atoms with Crippen LogP contribution in [-0.4, -0.2) is 11.3 Å². The molecule has 0 saturated carbocycles. The average Bonchev–Trinajstić information content (AvgIpc) is 2.64. The van der Waals surface area contributed by atoms with Crippen molar-refractivity contribution in [2.75, 3.05) is 0 Å². The van der Waals surface area contributed by atoms with Crippen LogP contribution in [0, 0.1) is 0 Å². The van der Waals surface area contributed by atoms with Gasteiger partial charge >= 0.3 is 0 Å². The summed E-state index contributed by atoms with van der Waals surface area (Å²) in [6.07, 6.45) is 4.47. The molecule has 11 heavy (non-hydrogen) atoms. The van der Waals surface area contributed by atoms with Crippen molar-refractivity contribution in [3.63, 3.8) is 0 Å². The van der Waals surface area contributed by atoms with E-state index in [1.165, 1.54) is 0 Å². The fourth-order valence-corrected chi connectivity index (χ4v) is 1.03. The van der Waals surface area contributed by atoms with E-state index >= 15 is 0 Å². The van der Waals surface area contributed by atoms with Gasteiger partial charge in [0.25, 0.3) is 0 Å². The van der Waals surface area contributed by atoms with Crippen LogP contribution < -0.4 is 0 Å². The van der Waals surface area contributed by atoms with E-state index in [9.17, 15) is 4.79 Å². The predicted octanol–water partition coefficient (Wildman–Crippen LogP) is 2.22. The summed E-state index contributed by atoms with van der Waals surface area (Å²) < 4.78 is 5.16. The quantitative estimate of drug-likeness (QED) is 0.483. The van der Waals surface area contributed by atoms with E-state index < -0.39 is 0 Å². The topological polar surface area (TPSA) is 29.6 Å². The summed E-state index contributed by atoms with van der Waals surface area (Å²) in [4.78, 5) is 10.3. The Morgan fingerprint density at radius 1 is 1.82 bits per heavy atom. The number of allylic oxidation sites excluding steroid dienone is 1. The number of hydrogen-bond acceptors (Lipinski definition) is 2. The Bertz CT molecular complexity index is 187. The molecule has 3 heteroatoms. The Morgan fingerprint density at radius 2 is 2.55 bits per heavy atom. The number of halogens is 1. The van der Waals surface area contributed by atoms with Gasteiger partial charge in [0.2, 0.25) is 5.24 Å². The molecule has 0 aliphatic carbocycles. The molecule has 0 amide bonds. The van der Waals surface area contributed by atoms with E-state index in [-0.39, 0.29) is 17.8 Å². The Balaban J connectivity index is 2.20. The molecular formula is C8H11ClO2. The summed E-state index contributed by atoms with van der Waals surface area (Å²) in [6.45, 7) is 2.10. The van der Waals surface area contributed by atoms with Crippen molar-refractivity contribution in [2.45, 2.75) is 32.3 Å². The molecule has 0 bridgehead atoms. The van der Waals surface area contributed by atoms with Crippen LogP contribution in [0.15, 0.2) is 11.8 Å². The lowest BCUT2D eigenvalue weighted by atomic mass is 10.2. The molecule has 0 spiro atoms. The van der Waals surface area contributed by atoms with Crippen LogP contribution in [0.25, 0.3) is 0 Å². The third kappa shape index (κ3) is 2.93. The lowest BCUT2D eigenvalue weighted by Gasteiger charge is -1.80. The lowest BCUT2D eigenvalue weighted by Crippen LogP contribution is -1.82. The molecule has 1 rings (SSSR count). The lowest BCUT2D eigenvalue weighted by molar-refractivity contribution is -0.110.